The number of alkyl halides is 2. The Labute approximate surface area is 180 Å². The molecule has 0 saturated carbocycles. The largest absolute Gasteiger partial charge is 0.493 e. The molecule has 6 nitrogen and oxygen atoms in total. The van der Waals surface area contributed by atoms with E-state index >= 15 is 0 Å². The van der Waals surface area contributed by atoms with Gasteiger partial charge in [-0.2, -0.15) is 8.78 Å². The molecule has 0 fully saturated rings. The van der Waals surface area contributed by atoms with Crippen molar-refractivity contribution in [2.75, 3.05) is 13.7 Å². The van der Waals surface area contributed by atoms with Gasteiger partial charge in [-0.3, -0.25) is 9.59 Å². The second-order valence-corrected chi connectivity index (χ2v) is 7.36. The minimum Gasteiger partial charge on any atom is -0.493 e. The molecule has 2 aromatic rings. The van der Waals surface area contributed by atoms with Gasteiger partial charge in [0.15, 0.2) is 11.5 Å². The lowest BCUT2D eigenvalue weighted by atomic mass is 10.0. The number of ether oxygens (including phenoxy) is 2. The average molecular weight is 434 g/mol. The smallest absolute Gasteiger partial charge is 0.387 e. The topological polar surface area (TPSA) is 76.7 Å². The number of halogens is 2. The van der Waals surface area contributed by atoms with Crippen LogP contribution < -0.4 is 20.1 Å². The van der Waals surface area contributed by atoms with Gasteiger partial charge in [0.2, 0.25) is 11.8 Å². The van der Waals surface area contributed by atoms with E-state index in [1.165, 1.54) is 13.2 Å². The van der Waals surface area contributed by atoms with E-state index in [-0.39, 0.29) is 35.7 Å². The predicted octanol–water partition coefficient (Wildman–Crippen LogP) is 3.34. The Morgan fingerprint density at radius 3 is 2.32 bits per heavy atom. The third kappa shape index (κ3) is 7.88. The lowest BCUT2D eigenvalue weighted by Crippen LogP contribution is -2.50. The summed E-state index contributed by atoms with van der Waals surface area (Å²) in [5.74, 6) is -0.449. The molecule has 0 aliphatic rings. The van der Waals surface area contributed by atoms with Crippen LogP contribution in [0.2, 0.25) is 0 Å². The van der Waals surface area contributed by atoms with Crippen molar-refractivity contribution < 1.29 is 27.8 Å². The fourth-order valence-corrected chi connectivity index (χ4v) is 3.04. The van der Waals surface area contributed by atoms with Crippen LogP contribution in [0.15, 0.2) is 48.5 Å². The maximum Gasteiger partial charge on any atom is 0.387 e. The first kappa shape index (κ1) is 24.1. The predicted molar refractivity (Wildman–Crippen MR) is 113 cm³/mol. The second-order valence-electron chi connectivity index (χ2n) is 7.36. The highest BCUT2D eigenvalue weighted by atomic mass is 19.3. The Hall–Kier alpha value is -3.16. The molecule has 0 aromatic heterocycles. The van der Waals surface area contributed by atoms with Crippen LogP contribution in [0.1, 0.15) is 25.0 Å². The lowest BCUT2D eigenvalue weighted by molar-refractivity contribution is -0.129. The van der Waals surface area contributed by atoms with E-state index < -0.39 is 12.7 Å². The van der Waals surface area contributed by atoms with Gasteiger partial charge in [-0.1, -0.05) is 50.2 Å². The monoisotopic (exact) mass is 434 g/mol. The molecule has 0 aliphatic carbocycles. The zero-order chi connectivity index (χ0) is 22.8. The van der Waals surface area contributed by atoms with Crippen LogP contribution in [0.25, 0.3) is 0 Å². The third-order valence-electron chi connectivity index (χ3n) is 4.63. The average Bonchev–Trinajstić information content (AvgIpc) is 2.73. The van der Waals surface area contributed by atoms with Crippen molar-refractivity contribution in [3.8, 4) is 11.5 Å². The van der Waals surface area contributed by atoms with Gasteiger partial charge in [-0.15, -0.1) is 0 Å². The molecule has 168 valence electrons. The number of carbonyl (C=O) groups is 2. The molecule has 0 heterocycles. The molecule has 0 aliphatic heterocycles. The minimum atomic E-state index is -2.94. The molecule has 31 heavy (non-hydrogen) atoms. The third-order valence-corrected chi connectivity index (χ3v) is 4.63. The summed E-state index contributed by atoms with van der Waals surface area (Å²) in [6, 6.07) is 13.3. The number of rotatable bonds is 11. The number of methoxy groups -OCH3 is 1. The summed E-state index contributed by atoms with van der Waals surface area (Å²) in [5.41, 5.74) is 1.66. The Morgan fingerprint density at radius 2 is 1.71 bits per heavy atom. The van der Waals surface area contributed by atoms with E-state index in [1.54, 1.807) is 12.1 Å². The Kier molecular flexibility index (Phi) is 9.24. The van der Waals surface area contributed by atoms with Crippen molar-refractivity contribution in [1.29, 1.82) is 0 Å². The van der Waals surface area contributed by atoms with Crippen LogP contribution in [-0.2, 0) is 22.4 Å². The van der Waals surface area contributed by atoms with Crippen LogP contribution in [-0.4, -0.2) is 38.1 Å². The molecule has 2 N–H and O–H groups in total. The van der Waals surface area contributed by atoms with Gasteiger partial charge in [0.05, 0.1) is 13.5 Å². The van der Waals surface area contributed by atoms with Gasteiger partial charge in [-0.25, -0.2) is 0 Å². The molecular weight excluding hydrogens is 406 g/mol. The molecule has 0 spiro atoms. The van der Waals surface area contributed by atoms with Gasteiger partial charge < -0.3 is 20.1 Å². The summed E-state index contributed by atoms with van der Waals surface area (Å²) in [6.45, 7) is 1.10. The highest BCUT2D eigenvalue weighted by Crippen LogP contribution is 2.29. The summed E-state index contributed by atoms with van der Waals surface area (Å²) in [5, 5.41) is 5.62. The summed E-state index contributed by atoms with van der Waals surface area (Å²) in [4.78, 5) is 24.9. The maximum atomic E-state index is 12.6. The molecule has 2 amide bonds. The Morgan fingerprint density at radius 1 is 1.00 bits per heavy atom. The van der Waals surface area contributed by atoms with E-state index in [1.807, 2.05) is 44.2 Å². The van der Waals surface area contributed by atoms with Crippen molar-refractivity contribution in [3.63, 3.8) is 0 Å². The number of amides is 2. The van der Waals surface area contributed by atoms with Crippen molar-refractivity contribution in [3.05, 3.63) is 59.7 Å². The van der Waals surface area contributed by atoms with Crippen LogP contribution in [0.4, 0.5) is 8.78 Å². The zero-order valence-electron chi connectivity index (χ0n) is 17.9. The first-order chi connectivity index (χ1) is 14.8. The van der Waals surface area contributed by atoms with E-state index in [4.69, 9.17) is 4.74 Å². The zero-order valence-corrected chi connectivity index (χ0v) is 17.9. The number of nitrogens with one attached hydrogen (secondary N) is 2. The van der Waals surface area contributed by atoms with E-state index in [2.05, 4.69) is 15.4 Å². The molecule has 0 saturated heterocycles. The van der Waals surface area contributed by atoms with Gasteiger partial charge in [0.1, 0.15) is 6.04 Å². The summed E-state index contributed by atoms with van der Waals surface area (Å²) in [6.07, 6.45) is 0.657. The van der Waals surface area contributed by atoms with Gasteiger partial charge in [0.25, 0.3) is 0 Å². The van der Waals surface area contributed by atoms with E-state index in [0.29, 0.717) is 13.0 Å². The standard InChI is InChI=1S/C23H28F2N2O4/c1-15(2)21(27-20(28)14-16-7-5-4-6-8-16)22(29)26-12-11-17-9-10-18(31-23(24)25)19(13-17)30-3/h4-10,13,15,21,23H,11-12,14H2,1-3H3,(H,26,29)(H,27,28)/t21-/m0/s1. The first-order valence-corrected chi connectivity index (χ1v) is 10.0. The first-order valence-electron chi connectivity index (χ1n) is 10.0. The summed E-state index contributed by atoms with van der Waals surface area (Å²) >= 11 is 0. The molecule has 2 aromatic carbocycles. The lowest BCUT2D eigenvalue weighted by Gasteiger charge is -2.22. The van der Waals surface area contributed by atoms with Crippen LogP contribution in [0, 0.1) is 5.92 Å². The van der Waals surface area contributed by atoms with Crippen molar-refractivity contribution in [1.82, 2.24) is 10.6 Å². The van der Waals surface area contributed by atoms with Crippen molar-refractivity contribution >= 4 is 11.8 Å². The van der Waals surface area contributed by atoms with Crippen molar-refractivity contribution in [2.45, 2.75) is 39.3 Å². The molecular formula is C23H28F2N2O4. The van der Waals surface area contributed by atoms with Crippen LogP contribution in [0.5, 0.6) is 11.5 Å². The van der Waals surface area contributed by atoms with Gasteiger partial charge in [0, 0.05) is 6.54 Å². The molecule has 0 radical (unpaired) electrons. The number of hydrogen-bond acceptors (Lipinski definition) is 4. The number of hydrogen-bond donors (Lipinski definition) is 2. The second kappa shape index (κ2) is 11.9. The van der Waals surface area contributed by atoms with Gasteiger partial charge >= 0.3 is 6.61 Å². The normalized spacial score (nSPS) is 11.8. The number of carbonyl (C=O) groups excluding carboxylic acids is 2. The fraction of sp³-hybridized carbons (Fsp3) is 0.391. The Balaban J connectivity index is 1.89. The van der Waals surface area contributed by atoms with Crippen LogP contribution >= 0.6 is 0 Å². The maximum absolute atomic E-state index is 12.6. The Bertz CT molecular complexity index is 860. The fourth-order valence-electron chi connectivity index (χ4n) is 3.04. The van der Waals surface area contributed by atoms with Gasteiger partial charge in [-0.05, 0) is 35.6 Å². The van der Waals surface area contributed by atoms with E-state index in [9.17, 15) is 18.4 Å². The highest BCUT2D eigenvalue weighted by molar-refractivity contribution is 5.88. The molecule has 0 unspecified atom stereocenters. The van der Waals surface area contributed by atoms with Crippen molar-refractivity contribution in [2.24, 2.45) is 5.92 Å². The highest BCUT2D eigenvalue weighted by Gasteiger charge is 2.24. The van der Waals surface area contributed by atoms with Crippen LogP contribution in [0.3, 0.4) is 0 Å². The summed E-state index contributed by atoms with van der Waals surface area (Å²) in [7, 11) is 1.37. The quantitative estimate of drug-likeness (QED) is 0.569. The summed E-state index contributed by atoms with van der Waals surface area (Å²) < 4.78 is 34.3. The SMILES string of the molecule is COc1cc(CCNC(=O)[C@@H](NC(=O)Cc2ccccc2)C(C)C)ccc1OC(F)F. The number of benzene rings is 2. The molecule has 1 atom stereocenters. The molecule has 8 heteroatoms. The van der Waals surface area contributed by atoms with E-state index in [0.717, 1.165) is 11.1 Å². The minimum absolute atomic E-state index is 0.0497. The molecule has 0 bridgehead atoms. The molecule has 2 rings (SSSR count).